The lowest BCUT2D eigenvalue weighted by molar-refractivity contribution is 0.404. The zero-order valence-electron chi connectivity index (χ0n) is 15.3. The lowest BCUT2D eigenvalue weighted by atomic mass is 10.3. The Morgan fingerprint density at radius 1 is 1.04 bits per heavy atom. The molecule has 2 aromatic rings. The van der Waals surface area contributed by atoms with Gasteiger partial charge in [0.1, 0.15) is 10.7 Å². The maximum absolute atomic E-state index is 13.4. The second kappa shape index (κ2) is 7.71. The minimum Gasteiger partial charge on any atom is -0.281 e. The minimum absolute atomic E-state index is 0.000546. The highest BCUT2D eigenvalue weighted by Gasteiger charge is 2.34. The number of sulfonamides is 2. The molecule has 0 radical (unpaired) electrons. The average molecular weight is 451 g/mol. The van der Waals surface area contributed by atoms with Crippen molar-refractivity contribution >= 4 is 31.6 Å². The fourth-order valence-corrected chi connectivity index (χ4v) is 6.73. The molecule has 1 aromatic heterocycles. The van der Waals surface area contributed by atoms with Crippen LogP contribution in [-0.4, -0.2) is 61.8 Å². The van der Waals surface area contributed by atoms with Gasteiger partial charge in [-0.05, 0) is 38.5 Å². The molecule has 1 saturated heterocycles. The molecule has 28 heavy (non-hydrogen) atoms. The summed E-state index contributed by atoms with van der Waals surface area (Å²) >= 11 is 5.71. The lowest BCUT2D eigenvalue weighted by Gasteiger charge is -2.22. The molecule has 0 bridgehead atoms. The molecule has 1 aliphatic heterocycles. The predicted octanol–water partition coefficient (Wildman–Crippen LogP) is 1.90. The number of aromatic amines is 1. The first-order chi connectivity index (χ1) is 13.0. The van der Waals surface area contributed by atoms with E-state index in [4.69, 9.17) is 11.6 Å². The van der Waals surface area contributed by atoms with Crippen molar-refractivity contribution in [3.8, 4) is 0 Å². The van der Waals surface area contributed by atoms with E-state index in [0.29, 0.717) is 17.8 Å². The van der Waals surface area contributed by atoms with Gasteiger partial charge in [0.2, 0.25) is 20.0 Å². The molecule has 0 unspecified atom stereocenters. The zero-order valence-corrected chi connectivity index (χ0v) is 17.7. The third-order valence-electron chi connectivity index (χ3n) is 4.60. The Hall–Kier alpha value is -1.53. The summed E-state index contributed by atoms with van der Waals surface area (Å²) in [6.07, 6.45) is 0.323. The molecule has 0 atom stereocenters. The van der Waals surface area contributed by atoms with Gasteiger partial charge in [0.05, 0.1) is 21.3 Å². The molecule has 154 valence electrons. The highest BCUT2D eigenvalue weighted by atomic mass is 35.5. The van der Waals surface area contributed by atoms with Crippen molar-refractivity contribution in [1.82, 2.24) is 18.8 Å². The summed E-state index contributed by atoms with van der Waals surface area (Å²) in [5, 5.41) is 6.30. The van der Waals surface area contributed by atoms with Crippen LogP contribution in [0.2, 0.25) is 5.02 Å². The second-order valence-electron chi connectivity index (χ2n) is 6.50. The Morgan fingerprint density at radius 2 is 1.64 bits per heavy atom. The van der Waals surface area contributed by atoms with Crippen molar-refractivity contribution in [2.75, 3.05) is 26.2 Å². The number of benzene rings is 1. The van der Waals surface area contributed by atoms with Gasteiger partial charge in [0.15, 0.2) is 0 Å². The Morgan fingerprint density at radius 3 is 2.18 bits per heavy atom. The van der Waals surface area contributed by atoms with Crippen molar-refractivity contribution in [2.45, 2.75) is 30.1 Å². The molecular formula is C16H20ClFN4O4S2. The predicted molar refractivity (Wildman–Crippen MR) is 102 cm³/mol. The van der Waals surface area contributed by atoms with E-state index in [0.717, 1.165) is 18.2 Å². The molecule has 1 aromatic carbocycles. The number of H-pyrrole nitrogens is 1. The molecule has 0 aliphatic carbocycles. The monoisotopic (exact) mass is 450 g/mol. The number of aromatic nitrogens is 2. The van der Waals surface area contributed by atoms with Gasteiger partial charge in [0.25, 0.3) is 0 Å². The first-order valence-corrected chi connectivity index (χ1v) is 11.8. The number of hydrogen-bond donors (Lipinski definition) is 1. The maximum Gasteiger partial charge on any atom is 0.246 e. The van der Waals surface area contributed by atoms with E-state index in [1.165, 1.54) is 8.61 Å². The normalized spacial score (nSPS) is 17.6. The van der Waals surface area contributed by atoms with Gasteiger partial charge in [-0.2, -0.15) is 13.7 Å². The zero-order chi connectivity index (χ0) is 20.7. The quantitative estimate of drug-likeness (QED) is 0.766. The fourth-order valence-electron chi connectivity index (χ4n) is 3.19. The van der Waals surface area contributed by atoms with Crippen molar-refractivity contribution in [3.63, 3.8) is 0 Å². The molecule has 0 amide bonds. The van der Waals surface area contributed by atoms with E-state index >= 15 is 0 Å². The highest BCUT2D eigenvalue weighted by molar-refractivity contribution is 7.89. The van der Waals surface area contributed by atoms with Crippen LogP contribution in [0.5, 0.6) is 0 Å². The highest BCUT2D eigenvalue weighted by Crippen LogP contribution is 2.26. The van der Waals surface area contributed by atoms with Crippen LogP contribution in [0.4, 0.5) is 4.39 Å². The van der Waals surface area contributed by atoms with Crippen LogP contribution in [0.1, 0.15) is 17.8 Å². The number of nitrogens with one attached hydrogen (secondary N) is 1. The smallest absolute Gasteiger partial charge is 0.246 e. The van der Waals surface area contributed by atoms with Crippen LogP contribution >= 0.6 is 11.6 Å². The van der Waals surface area contributed by atoms with Crippen LogP contribution in [0.25, 0.3) is 0 Å². The minimum atomic E-state index is -3.92. The van der Waals surface area contributed by atoms with E-state index in [2.05, 4.69) is 10.2 Å². The number of halogens is 2. The average Bonchev–Trinajstić information content (AvgIpc) is 2.84. The van der Waals surface area contributed by atoms with Crippen molar-refractivity contribution < 1.29 is 21.2 Å². The summed E-state index contributed by atoms with van der Waals surface area (Å²) in [6.45, 7) is 3.53. The molecule has 2 heterocycles. The van der Waals surface area contributed by atoms with E-state index in [1.54, 1.807) is 13.8 Å². The van der Waals surface area contributed by atoms with Crippen LogP contribution in [0.15, 0.2) is 28.0 Å². The molecule has 1 aliphatic rings. The van der Waals surface area contributed by atoms with Gasteiger partial charge in [-0.1, -0.05) is 11.6 Å². The SMILES string of the molecule is Cc1n[nH]c(C)c1S(=O)(=O)N1CCCN(S(=O)(=O)c2ccc(F)c(Cl)c2)CC1. The van der Waals surface area contributed by atoms with E-state index in [-0.39, 0.29) is 41.0 Å². The fraction of sp³-hybridized carbons (Fsp3) is 0.438. The molecule has 12 heteroatoms. The Labute approximate surface area is 168 Å². The summed E-state index contributed by atoms with van der Waals surface area (Å²) in [7, 11) is -7.72. The van der Waals surface area contributed by atoms with E-state index in [9.17, 15) is 21.2 Å². The van der Waals surface area contributed by atoms with Crippen LogP contribution < -0.4 is 0 Å². The largest absolute Gasteiger partial charge is 0.281 e. The molecule has 0 spiro atoms. The summed E-state index contributed by atoms with van der Waals surface area (Å²) < 4.78 is 67.5. The molecule has 1 N–H and O–H groups in total. The molecule has 8 nitrogen and oxygen atoms in total. The Bertz CT molecular complexity index is 1080. The molecule has 3 rings (SSSR count). The van der Waals surface area contributed by atoms with Crippen LogP contribution in [0.3, 0.4) is 0 Å². The van der Waals surface area contributed by atoms with Gasteiger partial charge >= 0.3 is 0 Å². The summed E-state index contributed by atoms with van der Waals surface area (Å²) in [6, 6.07) is 3.20. The number of rotatable bonds is 4. The summed E-state index contributed by atoms with van der Waals surface area (Å²) in [4.78, 5) is -0.00847. The second-order valence-corrected chi connectivity index (χ2v) is 10.7. The lowest BCUT2D eigenvalue weighted by Crippen LogP contribution is -2.37. The first kappa shape index (κ1) is 21.2. The Kier molecular flexibility index (Phi) is 5.84. The summed E-state index contributed by atoms with van der Waals surface area (Å²) in [5.41, 5.74) is 0.805. The standard InChI is InChI=1S/C16H20ClFN4O4S2/c1-11-16(12(2)20-19-11)28(25,26)22-7-3-6-21(8-9-22)27(23,24)13-4-5-15(18)14(17)10-13/h4-5,10H,3,6-9H2,1-2H3,(H,19,20). The van der Waals surface area contributed by atoms with E-state index < -0.39 is 25.9 Å². The van der Waals surface area contributed by atoms with Gasteiger partial charge in [-0.3, -0.25) is 5.10 Å². The van der Waals surface area contributed by atoms with Gasteiger partial charge in [-0.25, -0.2) is 21.2 Å². The Balaban J connectivity index is 1.84. The van der Waals surface area contributed by atoms with Crippen LogP contribution in [-0.2, 0) is 20.0 Å². The number of aryl methyl sites for hydroxylation is 2. The third kappa shape index (κ3) is 3.81. The number of nitrogens with zero attached hydrogens (tertiary/aromatic N) is 3. The van der Waals surface area contributed by atoms with Crippen molar-refractivity contribution in [3.05, 3.63) is 40.4 Å². The maximum atomic E-state index is 13.4. The summed E-state index contributed by atoms with van der Waals surface area (Å²) in [5.74, 6) is -0.709. The topological polar surface area (TPSA) is 103 Å². The van der Waals surface area contributed by atoms with Gasteiger partial charge in [0, 0.05) is 26.2 Å². The van der Waals surface area contributed by atoms with Crippen LogP contribution in [0, 0.1) is 19.7 Å². The first-order valence-electron chi connectivity index (χ1n) is 8.52. The van der Waals surface area contributed by atoms with Crippen molar-refractivity contribution in [2.24, 2.45) is 0 Å². The number of hydrogen-bond acceptors (Lipinski definition) is 5. The van der Waals surface area contributed by atoms with Crippen molar-refractivity contribution in [1.29, 1.82) is 0 Å². The molecular weight excluding hydrogens is 431 g/mol. The third-order valence-corrected chi connectivity index (χ3v) is 8.95. The van der Waals surface area contributed by atoms with Gasteiger partial charge in [-0.15, -0.1) is 0 Å². The molecule has 0 saturated carbocycles. The van der Waals surface area contributed by atoms with Gasteiger partial charge < -0.3 is 0 Å². The molecule has 1 fully saturated rings. The van der Waals surface area contributed by atoms with E-state index in [1.807, 2.05) is 0 Å².